The van der Waals surface area contributed by atoms with Crippen molar-refractivity contribution in [2.24, 2.45) is 5.73 Å². The zero-order valence-electron chi connectivity index (χ0n) is 11.3. The lowest BCUT2D eigenvalue weighted by atomic mass is 10.00. The van der Waals surface area contributed by atoms with Gasteiger partial charge in [-0.05, 0) is 35.2 Å². The third-order valence-corrected chi connectivity index (χ3v) is 3.28. The second-order valence-corrected chi connectivity index (χ2v) is 5.21. The van der Waals surface area contributed by atoms with Gasteiger partial charge in [-0.15, -0.1) is 12.4 Å². The fourth-order valence-corrected chi connectivity index (χ4v) is 2.29. The highest BCUT2D eigenvalue weighted by Crippen LogP contribution is 2.23. The highest BCUT2D eigenvalue weighted by Gasteiger charge is 2.09. The normalized spacial score (nSPS) is 11.5. The van der Waals surface area contributed by atoms with Gasteiger partial charge in [0.15, 0.2) is 0 Å². The molecule has 0 aliphatic carbocycles. The van der Waals surface area contributed by atoms with Crippen molar-refractivity contribution in [2.45, 2.75) is 18.9 Å². The first-order chi connectivity index (χ1) is 9.54. The number of rotatable bonds is 5. The zero-order chi connectivity index (χ0) is 14.5. The summed E-state index contributed by atoms with van der Waals surface area (Å²) in [7, 11) is 0. The quantitative estimate of drug-likeness (QED) is 0.879. The lowest BCUT2D eigenvalue weighted by Gasteiger charge is -2.09. The van der Waals surface area contributed by atoms with E-state index in [0.29, 0.717) is 11.4 Å². The van der Waals surface area contributed by atoms with Crippen LogP contribution in [-0.4, -0.2) is 17.1 Å². The van der Waals surface area contributed by atoms with E-state index in [0.717, 1.165) is 16.7 Å². The predicted octanol–water partition coefficient (Wildman–Crippen LogP) is 3.77. The molecule has 0 bridgehead atoms. The van der Waals surface area contributed by atoms with Crippen LogP contribution in [0.1, 0.15) is 12.0 Å². The number of hydrogen-bond acceptors (Lipinski definition) is 2. The Morgan fingerprint density at radius 3 is 2.38 bits per heavy atom. The molecule has 0 aromatic heterocycles. The molecule has 0 fully saturated rings. The monoisotopic (exact) mass is 325 g/mol. The van der Waals surface area contributed by atoms with Crippen molar-refractivity contribution < 1.29 is 9.90 Å². The van der Waals surface area contributed by atoms with Gasteiger partial charge >= 0.3 is 5.97 Å². The molecule has 21 heavy (non-hydrogen) atoms. The van der Waals surface area contributed by atoms with Crippen molar-refractivity contribution in [2.75, 3.05) is 0 Å². The maximum absolute atomic E-state index is 10.6. The first-order valence-electron chi connectivity index (χ1n) is 6.37. The van der Waals surface area contributed by atoms with Gasteiger partial charge < -0.3 is 10.8 Å². The third kappa shape index (κ3) is 5.38. The van der Waals surface area contributed by atoms with Gasteiger partial charge in [-0.3, -0.25) is 4.79 Å². The molecular formula is C16H17Cl2NO2. The minimum atomic E-state index is -0.868. The molecule has 0 aliphatic rings. The van der Waals surface area contributed by atoms with E-state index in [9.17, 15) is 4.79 Å². The maximum atomic E-state index is 10.6. The summed E-state index contributed by atoms with van der Waals surface area (Å²) >= 11 is 5.97. The van der Waals surface area contributed by atoms with Crippen molar-refractivity contribution in [1.29, 1.82) is 0 Å². The van der Waals surface area contributed by atoms with Crippen LogP contribution < -0.4 is 5.73 Å². The number of carboxylic acids is 1. The van der Waals surface area contributed by atoms with Gasteiger partial charge in [-0.1, -0.05) is 48.0 Å². The number of halogens is 2. The molecule has 0 aliphatic heterocycles. The molecule has 2 rings (SSSR count). The second-order valence-electron chi connectivity index (χ2n) is 4.77. The molecule has 0 spiro atoms. The molecule has 0 amide bonds. The van der Waals surface area contributed by atoms with Crippen LogP contribution in [0, 0.1) is 0 Å². The lowest BCUT2D eigenvalue weighted by molar-refractivity contribution is -0.137. The van der Waals surface area contributed by atoms with E-state index in [1.54, 1.807) is 0 Å². The summed E-state index contributed by atoms with van der Waals surface area (Å²) in [6.07, 6.45) is 0.540. The Hall–Kier alpha value is -1.55. The van der Waals surface area contributed by atoms with E-state index in [4.69, 9.17) is 22.4 Å². The minimum Gasteiger partial charge on any atom is -0.481 e. The minimum absolute atomic E-state index is 0. The Morgan fingerprint density at radius 1 is 1.14 bits per heavy atom. The van der Waals surface area contributed by atoms with E-state index in [1.807, 2.05) is 48.5 Å². The second kappa shape index (κ2) is 8.03. The third-order valence-electron chi connectivity index (χ3n) is 3.05. The molecule has 0 radical (unpaired) electrons. The Labute approximate surface area is 135 Å². The fourth-order valence-electron chi connectivity index (χ4n) is 2.10. The number of hydrogen-bond donors (Lipinski definition) is 2. The first kappa shape index (κ1) is 17.5. The standard InChI is InChI=1S/C16H16ClNO2.ClH/c17-14-3-1-2-13(9-14)12-6-4-11(5-7-12)8-15(18)10-16(19)20;/h1-7,9,15H,8,10,18H2,(H,19,20);1H. The summed E-state index contributed by atoms with van der Waals surface area (Å²) in [5, 5.41) is 9.39. The van der Waals surface area contributed by atoms with E-state index in [1.165, 1.54) is 0 Å². The van der Waals surface area contributed by atoms with Crippen molar-refractivity contribution >= 4 is 30.0 Å². The number of nitrogens with two attached hydrogens (primary N) is 1. The smallest absolute Gasteiger partial charge is 0.304 e. The van der Waals surface area contributed by atoms with Gasteiger partial charge in [-0.2, -0.15) is 0 Å². The van der Waals surface area contributed by atoms with E-state index >= 15 is 0 Å². The van der Waals surface area contributed by atoms with Gasteiger partial charge in [0, 0.05) is 11.1 Å². The van der Waals surface area contributed by atoms with Crippen LogP contribution in [0.25, 0.3) is 11.1 Å². The van der Waals surface area contributed by atoms with Gasteiger partial charge in [0.25, 0.3) is 0 Å². The van der Waals surface area contributed by atoms with Crippen molar-refractivity contribution in [3.05, 3.63) is 59.1 Å². The zero-order valence-corrected chi connectivity index (χ0v) is 12.9. The van der Waals surface area contributed by atoms with Crippen LogP contribution in [0.2, 0.25) is 5.02 Å². The average Bonchev–Trinajstić information content (AvgIpc) is 2.38. The van der Waals surface area contributed by atoms with E-state index in [-0.39, 0.29) is 24.9 Å². The Balaban J connectivity index is 0.00000220. The number of carboxylic acid groups (broad SMARTS) is 1. The Bertz CT molecular complexity index is 599. The molecule has 0 saturated heterocycles. The van der Waals surface area contributed by atoms with Gasteiger partial charge in [0.2, 0.25) is 0 Å². The summed E-state index contributed by atoms with van der Waals surface area (Å²) in [4.78, 5) is 10.6. The van der Waals surface area contributed by atoms with Crippen LogP contribution in [-0.2, 0) is 11.2 Å². The molecule has 1 unspecified atom stereocenters. The molecule has 3 nitrogen and oxygen atoms in total. The Morgan fingerprint density at radius 2 is 1.81 bits per heavy atom. The summed E-state index contributed by atoms with van der Waals surface area (Å²) in [6.45, 7) is 0. The average molecular weight is 326 g/mol. The highest BCUT2D eigenvalue weighted by atomic mass is 35.5. The summed E-state index contributed by atoms with van der Waals surface area (Å²) in [5.74, 6) is -0.868. The molecule has 1 atom stereocenters. The highest BCUT2D eigenvalue weighted by molar-refractivity contribution is 6.30. The maximum Gasteiger partial charge on any atom is 0.304 e. The molecule has 2 aromatic rings. The molecule has 112 valence electrons. The molecule has 3 N–H and O–H groups in total. The van der Waals surface area contributed by atoms with Gasteiger partial charge in [0.05, 0.1) is 6.42 Å². The van der Waals surface area contributed by atoms with Crippen LogP contribution >= 0.6 is 24.0 Å². The van der Waals surface area contributed by atoms with Crippen LogP contribution in [0.3, 0.4) is 0 Å². The lowest BCUT2D eigenvalue weighted by Crippen LogP contribution is -2.26. The summed E-state index contributed by atoms with van der Waals surface area (Å²) in [6, 6.07) is 15.2. The molecule has 0 saturated carbocycles. The first-order valence-corrected chi connectivity index (χ1v) is 6.74. The molecule has 5 heteroatoms. The Kier molecular flexibility index (Phi) is 6.69. The number of carbonyl (C=O) groups is 1. The summed E-state index contributed by atoms with van der Waals surface area (Å²) in [5.41, 5.74) is 8.94. The number of aliphatic carboxylic acids is 1. The molecule has 2 aromatic carbocycles. The van der Waals surface area contributed by atoms with Crippen molar-refractivity contribution in [1.82, 2.24) is 0 Å². The van der Waals surface area contributed by atoms with E-state index < -0.39 is 5.97 Å². The van der Waals surface area contributed by atoms with Crippen LogP contribution in [0.4, 0.5) is 0 Å². The van der Waals surface area contributed by atoms with Crippen LogP contribution in [0.5, 0.6) is 0 Å². The largest absolute Gasteiger partial charge is 0.481 e. The van der Waals surface area contributed by atoms with E-state index in [2.05, 4.69) is 0 Å². The van der Waals surface area contributed by atoms with Crippen LogP contribution in [0.15, 0.2) is 48.5 Å². The SMILES string of the molecule is Cl.NC(CC(=O)O)Cc1ccc(-c2cccc(Cl)c2)cc1. The molecular weight excluding hydrogens is 309 g/mol. The van der Waals surface area contributed by atoms with Gasteiger partial charge in [0.1, 0.15) is 0 Å². The predicted molar refractivity (Wildman–Crippen MR) is 88.1 cm³/mol. The topological polar surface area (TPSA) is 63.3 Å². The number of benzene rings is 2. The fraction of sp³-hybridized carbons (Fsp3) is 0.188. The van der Waals surface area contributed by atoms with Crippen molar-refractivity contribution in [3.63, 3.8) is 0 Å². The summed E-state index contributed by atoms with van der Waals surface area (Å²) < 4.78 is 0. The van der Waals surface area contributed by atoms with Gasteiger partial charge in [-0.25, -0.2) is 0 Å². The van der Waals surface area contributed by atoms with Crippen molar-refractivity contribution in [3.8, 4) is 11.1 Å². The molecule has 0 heterocycles.